The van der Waals surface area contributed by atoms with E-state index in [0.29, 0.717) is 0 Å². The van der Waals surface area contributed by atoms with Crippen LogP contribution in [0.1, 0.15) is 5.56 Å². The van der Waals surface area contributed by atoms with E-state index in [2.05, 4.69) is 0 Å². The predicted octanol–water partition coefficient (Wildman–Crippen LogP) is -3.75. The molecular weight excluding hydrogens is 932 g/mol. The van der Waals surface area contributed by atoms with Gasteiger partial charge in [0.2, 0.25) is 18.4 Å². The lowest BCUT2D eigenvalue weighted by molar-refractivity contribution is -0.319. The van der Waals surface area contributed by atoms with E-state index >= 15 is 0 Å². The van der Waals surface area contributed by atoms with E-state index in [1.54, 1.807) is 0 Å². The van der Waals surface area contributed by atoms with E-state index < -0.39 is 161 Å². The first-order valence-electron chi connectivity index (χ1n) is 20.4. The highest BCUT2D eigenvalue weighted by Crippen LogP contribution is 2.42. The Hall–Kier alpha value is -6.50. The van der Waals surface area contributed by atoms with Gasteiger partial charge in [0.25, 0.3) is 0 Å². The van der Waals surface area contributed by atoms with Gasteiger partial charge in [0, 0.05) is 23.8 Å². The number of ether oxygens (including phenoxy) is 7. The van der Waals surface area contributed by atoms with Crippen LogP contribution in [0.4, 0.5) is 0 Å². The Labute approximate surface area is 385 Å². The molecule has 0 radical (unpaired) electrons. The zero-order valence-electron chi connectivity index (χ0n) is 35.3. The third kappa shape index (κ3) is 9.61. The fourth-order valence-electron chi connectivity index (χ4n) is 7.58. The quantitative estimate of drug-likeness (QED) is 0.0540. The minimum atomic E-state index is -3.19. The SMILES string of the molecule is COc1cc(C=CC(=O)[C@]2(Oc3cc(-c4cc(=O)c5c(O)cc(O[C@@H]6O[C@H](C(=O)O)[C@H](O)[C@@H](O)[C@@H]6O)cc5o4)ccc3O[C@H]3O[C@H](C(=O)O)[C@H](O)[C@@H](O)[C@@H]3O)O[C@@H](CO)[C@H](O)[C@H](O)[C@@H]2O)ccc1O. The van der Waals surface area contributed by atoms with E-state index in [-0.39, 0.29) is 22.6 Å². The summed E-state index contributed by atoms with van der Waals surface area (Å²) in [5.74, 6) is -11.4. The second-order valence-electron chi connectivity index (χ2n) is 15.8. The van der Waals surface area contributed by atoms with Gasteiger partial charge in [-0.25, -0.2) is 9.59 Å². The van der Waals surface area contributed by atoms with E-state index in [4.69, 9.17) is 37.6 Å². The predicted molar refractivity (Wildman–Crippen MR) is 222 cm³/mol. The second kappa shape index (κ2) is 19.8. The molecule has 3 aliphatic heterocycles. The van der Waals surface area contributed by atoms with Crippen molar-refractivity contribution in [3.63, 3.8) is 0 Å². The number of aliphatic hydroxyl groups excluding tert-OH is 10. The molecule has 372 valence electrons. The summed E-state index contributed by atoms with van der Waals surface area (Å²) >= 11 is 0. The van der Waals surface area contributed by atoms with Crippen LogP contribution in [-0.4, -0.2) is 195 Å². The molecule has 0 aliphatic carbocycles. The Kier molecular flexibility index (Phi) is 14.5. The number of carbonyl (C=O) groups excluding carboxylic acids is 1. The van der Waals surface area contributed by atoms with Gasteiger partial charge in [0.1, 0.15) is 83.2 Å². The summed E-state index contributed by atoms with van der Waals surface area (Å²) in [7, 11) is 1.25. The molecule has 0 unspecified atom stereocenters. The van der Waals surface area contributed by atoms with Gasteiger partial charge >= 0.3 is 17.7 Å². The van der Waals surface area contributed by atoms with Crippen LogP contribution in [-0.2, 0) is 28.6 Å². The normalized spacial score (nSPS) is 32.6. The molecule has 4 heterocycles. The topological polar surface area (TPSA) is 429 Å². The van der Waals surface area contributed by atoms with Crippen molar-refractivity contribution in [2.45, 2.75) is 91.6 Å². The number of fused-ring (bicyclic) bond motifs is 1. The summed E-state index contributed by atoms with van der Waals surface area (Å²) in [5.41, 5.74) is -1.40. The maximum atomic E-state index is 14.4. The highest BCUT2D eigenvalue weighted by molar-refractivity contribution is 6.00. The van der Waals surface area contributed by atoms with E-state index in [9.17, 15) is 90.7 Å². The monoisotopic (exact) mass is 976 g/mol. The standard InChI is InChI=1S/C43H44O26/c1-62-22-8-14(2-5-17(22)45)3-7-26(48)43(38(57)33(54)28(49)25(13-44)69-43)68-23-9-15(4-6-20(23)65-42-35(56)30(51)32(53)37(67-42)40(60)61)21-12-19(47)27-18(46)10-16(11-24(27)64-21)63-41-34(55)29(50)31(52)36(66-41)39(58)59/h2-12,25,28-38,41-42,44-46,49-57H,13H2,1H3,(H,58,59)(H,60,61)/t25-,28-,29+,30+,31+,32+,33-,34-,35-,36-,37-,38-,41+,42-,43-/m0/s1. The number of rotatable bonds is 14. The fraction of sp³-hybridized carbons (Fsp3) is 0.395. The minimum Gasteiger partial charge on any atom is -0.507 e. The number of hydrogen-bond acceptors (Lipinski definition) is 24. The number of benzene rings is 3. The van der Waals surface area contributed by atoms with Gasteiger partial charge < -0.3 is 109 Å². The number of phenols is 2. The van der Waals surface area contributed by atoms with Crippen molar-refractivity contribution in [2.75, 3.05) is 13.7 Å². The molecule has 69 heavy (non-hydrogen) atoms. The average molecular weight is 977 g/mol. The molecule has 15 atom stereocenters. The van der Waals surface area contributed by atoms with Crippen LogP contribution in [0.3, 0.4) is 0 Å². The number of ketones is 1. The van der Waals surface area contributed by atoms with Crippen molar-refractivity contribution >= 4 is 34.8 Å². The highest BCUT2D eigenvalue weighted by atomic mass is 16.7. The molecule has 3 fully saturated rings. The molecule has 3 aliphatic rings. The summed E-state index contributed by atoms with van der Waals surface area (Å²) in [4.78, 5) is 51.5. The average Bonchev–Trinajstić information content (AvgIpc) is 3.31. The molecule has 0 spiro atoms. The lowest BCUT2D eigenvalue weighted by Crippen LogP contribution is -2.70. The molecule has 0 saturated carbocycles. The summed E-state index contributed by atoms with van der Waals surface area (Å²) in [6, 6.07) is 9.59. The first-order valence-corrected chi connectivity index (χ1v) is 20.4. The van der Waals surface area contributed by atoms with Gasteiger partial charge in [-0.1, -0.05) is 12.1 Å². The van der Waals surface area contributed by atoms with E-state index in [0.717, 1.165) is 48.6 Å². The van der Waals surface area contributed by atoms with Crippen molar-refractivity contribution in [3.8, 4) is 45.8 Å². The molecule has 3 saturated heterocycles. The first kappa shape index (κ1) is 50.4. The van der Waals surface area contributed by atoms with Crippen molar-refractivity contribution in [1.82, 2.24) is 0 Å². The van der Waals surface area contributed by atoms with Crippen LogP contribution in [0.5, 0.6) is 34.5 Å². The smallest absolute Gasteiger partial charge is 0.335 e. The summed E-state index contributed by atoms with van der Waals surface area (Å²) < 4.78 is 44.5. The van der Waals surface area contributed by atoms with Crippen LogP contribution in [0.25, 0.3) is 28.4 Å². The van der Waals surface area contributed by atoms with Crippen LogP contribution in [0.15, 0.2) is 69.9 Å². The second-order valence-corrected chi connectivity index (χ2v) is 15.8. The Bertz CT molecular complexity index is 2670. The number of hydrogen-bond donors (Lipinski definition) is 14. The highest BCUT2D eigenvalue weighted by Gasteiger charge is 2.60. The Morgan fingerprint density at radius 1 is 0.681 bits per heavy atom. The summed E-state index contributed by atoms with van der Waals surface area (Å²) in [6.07, 6.45) is -28.0. The number of phenolic OH excluding ortho intramolecular Hbond substituents is 2. The number of aliphatic carboxylic acids is 2. The van der Waals surface area contributed by atoms with Gasteiger partial charge in [-0.05, 0) is 42.0 Å². The number of methoxy groups -OCH3 is 1. The molecule has 0 amide bonds. The molecule has 1 aromatic heterocycles. The molecule has 26 heteroatoms. The van der Waals surface area contributed by atoms with Crippen LogP contribution >= 0.6 is 0 Å². The maximum absolute atomic E-state index is 14.4. The Morgan fingerprint density at radius 2 is 1.30 bits per heavy atom. The van der Waals surface area contributed by atoms with Crippen LogP contribution in [0.2, 0.25) is 0 Å². The number of aliphatic hydroxyl groups is 10. The van der Waals surface area contributed by atoms with Crippen LogP contribution < -0.4 is 24.4 Å². The summed E-state index contributed by atoms with van der Waals surface area (Å²) in [5, 5.41) is 145. The van der Waals surface area contributed by atoms with E-state index in [1.807, 2.05) is 0 Å². The number of aromatic hydroxyl groups is 2. The van der Waals surface area contributed by atoms with Crippen molar-refractivity contribution < 1.29 is 123 Å². The van der Waals surface area contributed by atoms with Gasteiger partial charge in [-0.15, -0.1) is 0 Å². The molecule has 7 rings (SSSR count). The molecule has 0 bridgehead atoms. The molecule has 4 aromatic rings. The minimum absolute atomic E-state index is 0.0253. The first-order chi connectivity index (χ1) is 32.6. The number of carboxylic acids is 2. The lowest BCUT2D eigenvalue weighted by Gasteiger charge is -2.46. The lowest BCUT2D eigenvalue weighted by atomic mass is 9.89. The van der Waals surface area contributed by atoms with Crippen molar-refractivity contribution in [2.24, 2.45) is 0 Å². The van der Waals surface area contributed by atoms with Gasteiger partial charge in [-0.3, -0.25) is 9.59 Å². The number of carbonyl (C=O) groups is 3. The fourth-order valence-corrected chi connectivity index (χ4v) is 7.58. The van der Waals surface area contributed by atoms with Crippen LogP contribution in [0, 0.1) is 0 Å². The molecule has 3 aromatic carbocycles. The van der Waals surface area contributed by atoms with Gasteiger partial charge in [-0.2, -0.15) is 0 Å². The van der Waals surface area contributed by atoms with Gasteiger partial charge in [0.05, 0.1) is 13.7 Å². The molecule has 14 N–H and O–H groups in total. The zero-order valence-corrected chi connectivity index (χ0v) is 35.3. The summed E-state index contributed by atoms with van der Waals surface area (Å²) in [6.45, 7) is -1.10. The third-order valence-electron chi connectivity index (χ3n) is 11.3. The third-order valence-corrected chi connectivity index (χ3v) is 11.3. The van der Waals surface area contributed by atoms with Crippen molar-refractivity contribution in [1.29, 1.82) is 0 Å². The largest absolute Gasteiger partial charge is 0.507 e. The Balaban J connectivity index is 1.34. The van der Waals surface area contributed by atoms with E-state index in [1.165, 1.54) is 25.3 Å². The number of carboxylic acid groups (broad SMARTS) is 2. The van der Waals surface area contributed by atoms with Gasteiger partial charge in [0.15, 0.2) is 46.7 Å². The molecular formula is C43H44O26. The zero-order chi connectivity index (χ0) is 50.4. The molecule has 26 nitrogen and oxygen atoms in total. The Morgan fingerprint density at radius 3 is 1.90 bits per heavy atom. The van der Waals surface area contributed by atoms with Crippen molar-refractivity contribution in [3.05, 3.63) is 76.5 Å². The maximum Gasteiger partial charge on any atom is 0.335 e.